The molecule has 0 bridgehead atoms. The monoisotopic (exact) mass is 244 g/mol. The van der Waals surface area contributed by atoms with Crippen molar-refractivity contribution in [1.82, 2.24) is 13.9 Å². The first-order chi connectivity index (χ1) is 7.26. The quantitative estimate of drug-likeness (QED) is 0.767. The van der Waals surface area contributed by atoms with Gasteiger partial charge in [-0.05, 0) is 6.92 Å². The Morgan fingerprint density at radius 1 is 1.69 bits per heavy atom. The Hall–Kier alpha value is -1.34. The summed E-state index contributed by atoms with van der Waals surface area (Å²) in [6, 6.07) is 0. The lowest BCUT2D eigenvalue weighted by molar-refractivity contribution is 0.486. The molecule has 7 heteroatoms. The molecule has 1 rings (SSSR count). The lowest BCUT2D eigenvalue weighted by atomic mass is 10.4. The summed E-state index contributed by atoms with van der Waals surface area (Å²) >= 11 is 0. The predicted molar refractivity (Wildman–Crippen MR) is 62.3 cm³/mol. The molecule has 0 aromatic carbocycles. The second kappa shape index (κ2) is 4.26. The number of likely N-dealkylation sites (N-methyl/N-ethyl adjacent to an activating group) is 1. The fourth-order valence-electron chi connectivity index (χ4n) is 1.36. The van der Waals surface area contributed by atoms with E-state index >= 15 is 0 Å². The van der Waals surface area contributed by atoms with E-state index in [1.807, 2.05) is 0 Å². The molecule has 0 saturated carbocycles. The molecule has 0 saturated heterocycles. The van der Waals surface area contributed by atoms with Gasteiger partial charge in [0.15, 0.2) is 10.8 Å². The van der Waals surface area contributed by atoms with Crippen molar-refractivity contribution in [2.75, 3.05) is 19.3 Å². The van der Waals surface area contributed by atoms with Crippen LogP contribution in [0.25, 0.3) is 0 Å². The van der Waals surface area contributed by atoms with E-state index in [2.05, 4.69) is 11.6 Å². The number of nitrogens with zero attached hydrogens (tertiary/aromatic N) is 3. The molecule has 0 aliphatic heterocycles. The van der Waals surface area contributed by atoms with Gasteiger partial charge in [0, 0.05) is 20.6 Å². The van der Waals surface area contributed by atoms with E-state index < -0.39 is 10.0 Å². The van der Waals surface area contributed by atoms with E-state index in [1.165, 1.54) is 22.2 Å². The number of aromatic nitrogens is 2. The zero-order chi connectivity index (χ0) is 12.5. The van der Waals surface area contributed by atoms with E-state index in [-0.39, 0.29) is 17.4 Å². The van der Waals surface area contributed by atoms with Crippen LogP contribution in [-0.4, -0.2) is 35.9 Å². The van der Waals surface area contributed by atoms with Crippen molar-refractivity contribution in [3.63, 3.8) is 0 Å². The van der Waals surface area contributed by atoms with Crippen molar-refractivity contribution in [3.8, 4) is 0 Å². The van der Waals surface area contributed by atoms with Gasteiger partial charge in [0.1, 0.15) is 0 Å². The van der Waals surface area contributed by atoms with Gasteiger partial charge < -0.3 is 10.3 Å². The van der Waals surface area contributed by atoms with Gasteiger partial charge in [-0.15, -0.1) is 0 Å². The molecular weight excluding hydrogens is 228 g/mol. The summed E-state index contributed by atoms with van der Waals surface area (Å²) in [4.78, 5) is 3.76. The third-order valence-corrected chi connectivity index (χ3v) is 3.99. The minimum Gasteiger partial charge on any atom is -0.381 e. The lowest BCUT2D eigenvalue weighted by Crippen LogP contribution is -2.30. The first kappa shape index (κ1) is 12.7. The summed E-state index contributed by atoms with van der Waals surface area (Å²) < 4.78 is 26.8. The molecule has 0 aliphatic rings. The molecule has 1 aromatic heterocycles. The van der Waals surface area contributed by atoms with Gasteiger partial charge in [0.05, 0.1) is 6.33 Å². The molecule has 0 radical (unpaired) electrons. The summed E-state index contributed by atoms with van der Waals surface area (Å²) in [5, 5.41) is 0.0104. The number of nitrogens with two attached hydrogens (primary N) is 1. The van der Waals surface area contributed by atoms with E-state index in [0.29, 0.717) is 0 Å². The second-order valence-corrected chi connectivity index (χ2v) is 5.72. The molecule has 0 spiro atoms. The largest absolute Gasteiger partial charge is 0.381 e. The minimum atomic E-state index is -3.60. The zero-order valence-corrected chi connectivity index (χ0v) is 10.5. The molecule has 0 aliphatic carbocycles. The van der Waals surface area contributed by atoms with Crippen LogP contribution in [0.2, 0.25) is 0 Å². The SMILES string of the molecule is C=C(C)CN(C)S(=O)(=O)c1c(N)ncn1C. The van der Waals surface area contributed by atoms with Crippen molar-refractivity contribution >= 4 is 15.8 Å². The highest BCUT2D eigenvalue weighted by Crippen LogP contribution is 2.19. The number of sulfonamides is 1. The summed E-state index contributed by atoms with van der Waals surface area (Å²) in [7, 11) is -0.533. The third kappa shape index (κ3) is 2.25. The highest BCUT2D eigenvalue weighted by Gasteiger charge is 2.26. The number of rotatable bonds is 4. The van der Waals surface area contributed by atoms with Crippen LogP contribution in [0.1, 0.15) is 6.92 Å². The maximum Gasteiger partial charge on any atom is 0.262 e. The average Bonchev–Trinajstić information content (AvgIpc) is 2.45. The molecule has 90 valence electrons. The molecule has 2 N–H and O–H groups in total. The molecule has 16 heavy (non-hydrogen) atoms. The topological polar surface area (TPSA) is 81.2 Å². The summed E-state index contributed by atoms with van der Waals surface area (Å²) in [6.45, 7) is 5.69. The van der Waals surface area contributed by atoms with Crippen molar-refractivity contribution in [2.45, 2.75) is 11.9 Å². The van der Waals surface area contributed by atoms with Gasteiger partial charge in [-0.25, -0.2) is 13.4 Å². The standard InChI is InChI=1S/C9H16N4O2S/c1-7(2)5-13(4)16(14,15)9-8(10)11-6-12(9)3/h6H,1,5,10H2,2-4H3. The average molecular weight is 244 g/mol. The Kier molecular flexibility index (Phi) is 3.39. The Morgan fingerprint density at radius 3 is 2.62 bits per heavy atom. The number of aryl methyl sites for hydroxylation is 1. The fraction of sp³-hybridized carbons (Fsp3) is 0.444. The normalized spacial score (nSPS) is 12.0. The van der Waals surface area contributed by atoms with Crippen LogP contribution in [0.15, 0.2) is 23.5 Å². The first-order valence-electron chi connectivity index (χ1n) is 4.64. The van der Waals surface area contributed by atoms with Crippen LogP contribution in [0.3, 0.4) is 0 Å². The van der Waals surface area contributed by atoms with E-state index in [4.69, 9.17) is 5.73 Å². The summed E-state index contributed by atoms with van der Waals surface area (Å²) in [5.74, 6) is 0.0102. The van der Waals surface area contributed by atoms with E-state index in [0.717, 1.165) is 5.57 Å². The Morgan fingerprint density at radius 2 is 2.25 bits per heavy atom. The van der Waals surface area contributed by atoms with Crippen LogP contribution < -0.4 is 5.73 Å². The van der Waals surface area contributed by atoms with Gasteiger partial charge in [-0.3, -0.25) is 0 Å². The highest BCUT2D eigenvalue weighted by atomic mass is 32.2. The number of hydrogen-bond donors (Lipinski definition) is 1. The molecule has 6 nitrogen and oxygen atoms in total. The maximum absolute atomic E-state index is 12.1. The van der Waals surface area contributed by atoms with Gasteiger partial charge >= 0.3 is 0 Å². The lowest BCUT2D eigenvalue weighted by Gasteiger charge is -2.17. The molecule has 1 aromatic rings. The van der Waals surface area contributed by atoms with Gasteiger partial charge in [-0.1, -0.05) is 12.2 Å². The molecular formula is C9H16N4O2S. The van der Waals surface area contributed by atoms with Crippen molar-refractivity contribution < 1.29 is 8.42 Å². The molecule has 0 unspecified atom stereocenters. The van der Waals surface area contributed by atoms with Crippen molar-refractivity contribution in [1.29, 1.82) is 0 Å². The van der Waals surface area contributed by atoms with E-state index in [9.17, 15) is 8.42 Å². The molecule has 0 amide bonds. The fourth-order valence-corrected chi connectivity index (χ4v) is 2.78. The Labute approximate surface area is 95.4 Å². The number of anilines is 1. The predicted octanol–water partition coefficient (Wildman–Crippen LogP) is 0.199. The summed E-state index contributed by atoms with van der Waals surface area (Å²) in [6.07, 6.45) is 1.37. The third-order valence-electron chi connectivity index (χ3n) is 2.06. The molecule has 0 atom stereocenters. The van der Waals surface area contributed by atoms with Crippen LogP contribution in [0, 0.1) is 0 Å². The van der Waals surface area contributed by atoms with Crippen LogP contribution in [-0.2, 0) is 17.1 Å². The van der Waals surface area contributed by atoms with E-state index in [1.54, 1.807) is 14.0 Å². The highest BCUT2D eigenvalue weighted by molar-refractivity contribution is 7.89. The van der Waals surface area contributed by atoms with Gasteiger partial charge in [0.25, 0.3) is 10.0 Å². The number of hydrogen-bond acceptors (Lipinski definition) is 4. The maximum atomic E-state index is 12.1. The van der Waals surface area contributed by atoms with Crippen LogP contribution in [0.5, 0.6) is 0 Å². The smallest absolute Gasteiger partial charge is 0.262 e. The van der Waals surface area contributed by atoms with Crippen LogP contribution in [0.4, 0.5) is 5.82 Å². The van der Waals surface area contributed by atoms with Crippen molar-refractivity contribution in [3.05, 3.63) is 18.5 Å². The zero-order valence-electron chi connectivity index (χ0n) is 9.64. The molecule has 0 fully saturated rings. The minimum absolute atomic E-state index is 0.0102. The van der Waals surface area contributed by atoms with Crippen molar-refractivity contribution in [2.24, 2.45) is 7.05 Å². The Balaban J connectivity index is 3.17. The second-order valence-electron chi connectivity index (χ2n) is 3.76. The Bertz CT molecular complexity index is 484. The van der Waals surface area contributed by atoms with Crippen LogP contribution >= 0.6 is 0 Å². The first-order valence-corrected chi connectivity index (χ1v) is 6.08. The number of imidazole rings is 1. The van der Waals surface area contributed by atoms with Gasteiger partial charge in [0.2, 0.25) is 0 Å². The summed E-state index contributed by atoms with van der Waals surface area (Å²) in [5.41, 5.74) is 6.29. The van der Waals surface area contributed by atoms with Gasteiger partial charge in [-0.2, -0.15) is 4.31 Å². The molecule has 1 heterocycles. The number of nitrogen functional groups attached to an aromatic ring is 1.